The van der Waals surface area contributed by atoms with Crippen molar-refractivity contribution in [3.8, 4) is 11.8 Å². The third-order valence-corrected chi connectivity index (χ3v) is 6.83. The zero-order valence-corrected chi connectivity index (χ0v) is 20.4. The van der Waals surface area contributed by atoms with E-state index in [1.807, 2.05) is 31.1 Å². The lowest BCUT2D eigenvalue weighted by molar-refractivity contribution is -0.136. The molecule has 9 nitrogen and oxygen atoms in total. The molecule has 9 heteroatoms. The summed E-state index contributed by atoms with van der Waals surface area (Å²) in [5.74, 6) is 5.90. The normalized spacial score (nSPS) is 20.4. The molecule has 2 N–H and O–H groups in total. The lowest BCUT2D eigenvalue weighted by Gasteiger charge is -2.30. The number of rotatable bonds is 5. The molecule has 3 aliphatic rings. The van der Waals surface area contributed by atoms with E-state index in [1.54, 1.807) is 11.0 Å². The summed E-state index contributed by atoms with van der Waals surface area (Å²) in [5, 5.41) is 5.32. The number of carbonyl (C=O) groups is 4. The van der Waals surface area contributed by atoms with Gasteiger partial charge in [0, 0.05) is 49.6 Å². The highest BCUT2D eigenvalue weighted by molar-refractivity contribution is 6.05. The topological polar surface area (TPSA) is 102 Å². The highest BCUT2D eigenvalue weighted by Gasteiger charge is 2.39. The van der Waals surface area contributed by atoms with Gasteiger partial charge in [0.1, 0.15) is 6.04 Å². The van der Waals surface area contributed by atoms with E-state index in [0.717, 1.165) is 36.9 Å². The summed E-state index contributed by atoms with van der Waals surface area (Å²) < 4.78 is 0. The molecule has 1 aromatic rings. The first-order chi connectivity index (χ1) is 16.8. The van der Waals surface area contributed by atoms with Crippen LogP contribution in [0.1, 0.15) is 53.6 Å². The maximum Gasteiger partial charge on any atom is 0.317 e. The number of nitrogens with zero attached hydrogens (tertiary/aromatic N) is 3. The molecule has 5 amide bonds. The van der Waals surface area contributed by atoms with Crippen LogP contribution in [0.3, 0.4) is 0 Å². The number of urea groups is 1. The predicted molar refractivity (Wildman–Crippen MR) is 130 cm³/mol. The van der Waals surface area contributed by atoms with Gasteiger partial charge in [-0.1, -0.05) is 17.9 Å². The van der Waals surface area contributed by atoms with E-state index < -0.39 is 11.9 Å². The first-order valence-corrected chi connectivity index (χ1v) is 12.3. The van der Waals surface area contributed by atoms with Gasteiger partial charge in [-0.2, -0.15) is 0 Å². The molecule has 0 aliphatic carbocycles. The number of carbonyl (C=O) groups excluding carboxylic acids is 4. The van der Waals surface area contributed by atoms with Gasteiger partial charge in [0.15, 0.2) is 0 Å². The Morgan fingerprint density at radius 3 is 2.66 bits per heavy atom. The smallest absolute Gasteiger partial charge is 0.317 e. The standard InChI is InChI=1S/C26H33N5O4/c1-29(2)14-4-13-27-26(35)30-15-11-18(12-16-30)7-8-19-5-3-6-20-21(19)17-31(25(20)34)22-9-10-23(32)28-24(22)33/h3,5-6,18,22H,4,9-17H2,1-2H3,(H,27,35)(H,28,32,33). The summed E-state index contributed by atoms with van der Waals surface area (Å²) in [6.45, 7) is 3.28. The van der Waals surface area contributed by atoms with E-state index in [-0.39, 0.29) is 30.2 Å². The van der Waals surface area contributed by atoms with E-state index in [9.17, 15) is 19.2 Å². The van der Waals surface area contributed by atoms with Gasteiger partial charge in [0.25, 0.3) is 5.91 Å². The van der Waals surface area contributed by atoms with Crippen molar-refractivity contribution in [1.29, 1.82) is 0 Å². The minimum Gasteiger partial charge on any atom is -0.338 e. The molecule has 0 bridgehead atoms. The van der Waals surface area contributed by atoms with Crippen molar-refractivity contribution in [2.75, 3.05) is 40.3 Å². The summed E-state index contributed by atoms with van der Waals surface area (Å²) in [7, 11) is 4.03. The second-order valence-electron chi connectivity index (χ2n) is 9.65. The van der Waals surface area contributed by atoms with Crippen molar-refractivity contribution < 1.29 is 19.2 Å². The first-order valence-electron chi connectivity index (χ1n) is 12.3. The van der Waals surface area contributed by atoms with Crippen LogP contribution in [0.5, 0.6) is 0 Å². The molecule has 3 heterocycles. The third kappa shape index (κ3) is 5.82. The molecule has 0 aromatic heterocycles. The SMILES string of the molecule is CN(C)CCCNC(=O)N1CCC(C#Cc2cccc3c2CN(C2CCC(=O)NC2=O)C3=O)CC1. The van der Waals surface area contributed by atoms with Crippen molar-refractivity contribution in [3.05, 3.63) is 34.9 Å². The van der Waals surface area contributed by atoms with Gasteiger partial charge in [-0.15, -0.1) is 0 Å². The van der Waals surface area contributed by atoms with E-state index in [4.69, 9.17) is 0 Å². The third-order valence-electron chi connectivity index (χ3n) is 6.83. The van der Waals surface area contributed by atoms with Crippen LogP contribution >= 0.6 is 0 Å². The summed E-state index contributed by atoms with van der Waals surface area (Å²) in [4.78, 5) is 54.6. The summed E-state index contributed by atoms with van der Waals surface area (Å²) in [6.07, 6.45) is 3.12. The minimum absolute atomic E-state index is 0.0110. The summed E-state index contributed by atoms with van der Waals surface area (Å²) in [6, 6.07) is 4.85. The second kappa shape index (κ2) is 10.9. The fourth-order valence-electron chi connectivity index (χ4n) is 4.81. The first kappa shape index (κ1) is 24.7. The zero-order chi connectivity index (χ0) is 24.9. The number of piperidine rings is 2. The number of imide groups is 1. The molecule has 1 aromatic carbocycles. The Morgan fingerprint density at radius 1 is 1.17 bits per heavy atom. The quantitative estimate of drug-likeness (QED) is 0.375. The molecule has 0 saturated carbocycles. The van der Waals surface area contributed by atoms with Crippen molar-refractivity contribution >= 4 is 23.8 Å². The fourth-order valence-corrected chi connectivity index (χ4v) is 4.81. The second-order valence-corrected chi connectivity index (χ2v) is 9.65. The van der Waals surface area contributed by atoms with Crippen LogP contribution in [-0.2, 0) is 16.1 Å². The molecule has 0 spiro atoms. The van der Waals surface area contributed by atoms with Gasteiger partial charge in [0.2, 0.25) is 11.8 Å². The maximum atomic E-state index is 13.0. The van der Waals surface area contributed by atoms with Gasteiger partial charge in [0.05, 0.1) is 0 Å². The van der Waals surface area contributed by atoms with Crippen molar-refractivity contribution in [2.45, 2.75) is 44.7 Å². The highest BCUT2D eigenvalue weighted by atomic mass is 16.2. The molecule has 2 fully saturated rings. The monoisotopic (exact) mass is 479 g/mol. The van der Waals surface area contributed by atoms with Gasteiger partial charge >= 0.3 is 6.03 Å². The van der Waals surface area contributed by atoms with Crippen LogP contribution in [0.4, 0.5) is 4.79 Å². The van der Waals surface area contributed by atoms with Gasteiger partial charge in [-0.25, -0.2) is 4.79 Å². The molecule has 1 atom stereocenters. The Bertz CT molecular complexity index is 1070. The number of hydrogen-bond donors (Lipinski definition) is 2. The van der Waals surface area contributed by atoms with Gasteiger partial charge < -0.3 is 20.0 Å². The lowest BCUT2D eigenvalue weighted by atomic mass is 9.96. The number of likely N-dealkylation sites (tertiary alicyclic amines) is 1. The van der Waals surface area contributed by atoms with Crippen molar-refractivity contribution in [3.63, 3.8) is 0 Å². The Kier molecular flexibility index (Phi) is 7.71. The van der Waals surface area contributed by atoms with Gasteiger partial charge in [-0.05, 0) is 64.0 Å². The number of fused-ring (bicyclic) bond motifs is 1. The Hall–Kier alpha value is -3.38. The Morgan fingerprint density at radius 2 is 1.94 bits per heavy atom. The summed E-state index contributed by atoms with van der Waals surface area (Å²) in [5.41, 5.74) is 2.21. The predicted octanol–water partition coefficient (Wildman–Crippen LogP) is 1.17. The minimum atomic E-state index is -0.633. The van der Waals surface area contributed by atoms with Crippen molar-refractivity contribution in [2.24, 2.45) is 5.92 Å². The van der Waals surface area contributed by atoms with Crippen LogP contribution in [0.15, 0.2) is 18.2 Å². The molecule has 2 saturated heterocycles. The number of amides is 5. The van der Waals surface area contributed by atoms with Crippen LogP contribution in [0.2, 0.25) is 0 Å². The fraction of sp³-hybridized carbons (Fsp3) is 0.538. The van der Waals surface area contributed by atoms with Crippen LogP contribution in [0.25, 0.3) is 0 Å². The van der Waals surface area contributed by atoms with Crippen LogP contribution in [0, 0.1) is 17.8 Å². The van der Waals surface area contributed by atoms with E-state index in [1.165, 1.54) is 0 Å². The number of hydrogen-bond acceptors (Lipinski definition) is 5. The number of nitrogens with one attached hydrogen (secondary N) is 2. The largest absolute Gasteiger partial charge is 0.338 e. The molecule has 35 heavy (non-hydrogen) atoms. The van der Waals surface area contributed by atoms with Crippen molar-refractivity contribution in [1.82, 2.24) is 25.3 Å². The Labute approximate surface area is 206 Å². The van der Waals surface area contributed by atoms with E-state index >= 15 is 0 Å². The molecular weight excluding hydrogens is 446 g/mol. The zero-order valence-electron chi connectivity index (χ0n) is 20.4. The van der Waals surface area contributed by atoms with Gasteiger partial charge in [-0.3, -0.25) is 19.7 Å². The average molecular weight is 480 g/mol. The molecule has 3 aliphatic heterocycles. The highest BCUT2D eigenvalue weighted by Crippen LogP contribution is 2.29. The van der Waals surface area contributed by atoms with Crippen LogP contribution < -0.4 is 10.6 Å². The summed E-state index contributed by atoms with van der Waals surface area (Å²) >= 11 is 0. The van der Waals surface area contributed by atoms with Crippen LogP contribution in [-0.4, -0.2) is 84.8 Å². The molecule has 0 radical (unpaired) electrons. The average Bonchev–Trinajstić information content (AvgIpc) is 3.17. The lowest BCUT2D eigenvalue weighted by Crippen LogP contribution is -2.52. The molecule has 186 valence electrons. The molecule has 4 rings (SSSR count). The number of benzene rings is 1. The van der Waals surface area contributed by atoms with E-state index in [2.05, 4.69) is 27.4 Å². The molecular formula is C26H33N5O4. The Balaban J connectivity index is 1.33. The molecule has 1 unspecified atom stereocenters. The maximum absolute atomic E-state index is 13.0. The van der Waals surface area contributed by atoms with E-state index in [0.29, 0.717) is 38.2 Å².